The summed E-state index contributed by atoms with van der Waals surface area (Å²) in [5, 5.41) is 6.83. The van der Waals surface area contributed by atoms with Gasteiger partial charge in [0.05, 0.1) is 26.1 Å². The van der Waals surface area contributed by atoms with Gasteiger partial charge in [0.1, 0.15) is 11.6 Å². The summed E-state index contributed by atoms with van der Waals surface area (Å²) in [5.74, 6) is 1.66. The fraction of sp³-hybridized carbons (Fsp3) is 0.615. The van der Waals surface area contributed by atoms with Crippen LogP contribution in [0.25, 0.3) is 0 Å². The molecular weight excluding hydrogens is 230 g/mol. The van der Waals surface area contributed by atoms with Gasteiger partial charge in [0.25, 0.3) is 0 Å². The normalized spacial score (nSPS) is 20.7. The van der Waals surface area contributed by atoms with Crippen molar-refractivity contribution in [2.24, 2.45) is 0 Å². The molecule has 1 fully saturated rings. The van der Waals surface area contributed by atoms with Crippen molar-refractivity contribution in [3.05, 3.63) is 17.8 Å². The highest BCUT2D eigenvalue weighted by molar-refractivity contribution is 5.46. The first-order chi connectivity index (χ1) is 8.69. The molecule has 100 valence electrons. The van der Waals surface area contributed by atoms with Crippen molar-refractivity contribution in [1.29, 1.82) is 0 Å². The maximum atomic E-state index is 5.34. The van der Waals surface area contributed by atoms with E-state index in [0.29, 0.717) is 6.04 Å². The lowest BCUT2D eigenvalue weighted by molar-refractivity contribution is 0.189. The van der Waals surface area contributed by atoms with Crippen molar-refractivity contribution >= 4 is 5.82 Å². The predicted molar refractivity (Wildman–Crippen MR) is 71.0 cm³/mol. The van der Waals surface area contributed by atoms with Gasteiger partial charge >= 0.3 is 0 Å². The van der Waals surface area contributed by atoms with Crippen molar-refractivity contribution in [3.8, 4) is 5.75 Å². The van der Waals surface area contributed by atoms with Crippen LogP contribution in [0.2, 0.25) is 0 Å². The number of rotatable bonds is 5. The first-order valence-corrected chi connectivity index (χ1v) is 6.30. The van der Waals surface area contributed by atoms with Crippen molar-refractivity contribution in [2.75, 3.05) is 25.6 Å². The number of anilines is 1. The summed E-state index contributed by atoms with van der Waals surface area (Å²) < 4.78 is 10.5. The average molecular weight is 251 g/mol. The predicted octanol–water partition coefficient (Wildman–Crippen LogP) is 1.54. The number of aryl methyl sites for hydroxylation is 1. The molecule has 1 aliphatic rings. The molecule has 2 heterocycles. The highest BCUT2D eigenvalue weighted by Gasteiger charge is 2.17. The van der Waals surface area contributed by atoms with Crippen LogP contribution in [0, 0.1) is 6.92 Å². The number of hydrogen-bond donors (Lipinski definition) is 2. The molecule has 0 aliphatic carbocycles. The van der Waals surface area contributed by atoms with Crippen LogP contribution in [0.3, 0.4) is 0 Å². The summed E-state index contributed by atoms with van der Waals surface area (Å²) in [5.41, 5.74) is 1.07. The molecule has 2 rings (SSSR count). The molecule has 1 unspecified atom stereocenters. The molecule has 1 aromatic rings. The molecule has 0 spiro atoms. The van der Waals surface area contributed by atoms with Crippen molar-refractivity contribution in [2.45, 2.75) is 32.5 Å². The number of pyridine rings is 1. The van der Waals surface area contributed by atoms with Gasteiger partial charge in [-0.1, -0.05) is 0 Å². The Labute approximate surface area is 108 Å². The minimum atomic E-state index is 0.163. The van der Waals surface area contributed by atoms with E-state index in [0.717, 1.165) is 36.8 Å². The first kappa shape index (κ1) is 13.1. The molecule has 0 aromatic carbocycles. The highest BCUT2D eigenvalue weighted by Crippen LogP contribution is 2.18. The summed E-state index contributed by atoms with van der Waals surface area (Å²) in [7, 11) is 1.65. The third-order valence-corrected chi connectivity index (χ3v) is 3.06. The molecule has 1 aliphatic heterocycles. The Bertz CT molecular complexity index is 392. The van der Waals surface area contributed by atoms with Crippen LogP contribution in [0.4, 0.5) is 5.82 Å². The molecule has 1 saturated heterocycles. The van der Waals surface area contributed by atoms with E-state index in [2.05, 4.69) is 22.5 Å². The minimum Gasteiger partial charge on any atom is -0.495 e. The van der Waals surface area contributed by atoms with Gasteiger partial charge in [-0.15, -0.1) is 0 Å². The molecule has 18 heavy (non-hydrogen) atoms. The molecule has 1 aromatic heterocycles. The Kier molecular flexibility index (Phi) is 4.38. The topological polar surface area (TPSA) is 55.4 Å². The van der Waals surface area contributed by atoms with Gasteiger partial charge in [0.15, 0.2) is 0 Å². The third-order valence-electron chi connectivity index (χ3n) is 3.06. The SMILES string of the molecule is COc1cnc(NC(C)N[C@@H]2CCOC2)c(C)c1. The lowest BCUT2D eigenvalue weighted by Gasteiger charge is -2.21. The van der Waals surface area contributed by atoms with Gasteiger partial charge < -0.3 is 14.8 Å². The molecule has 2 N–H and O–H groups in total. The number of aromatic nitrogens is 1. The van der Waals surface area contributed by atoms with Crippen LogP contribution >= 0.6 is 0 Å². The summed E-state index contributed by atoms with van der Waals surface area (Å²) in [4.78, 5) is 4.36. The summed E-state index contributed by atoms with van der Waals surface area (Å²) >= 11 is 0. The molecular formula is C13H21N3O2. The second-order valence-corrected chi connectivity index (χ2v) is 4.63. The molecule has 0 saturated carbocycles. The van der Waals surface area contributed by atoms with Gasteiger partial charge in [-0.2, -0.15) is 0 Å². The van der Waals surface area contributed by atoms with Gasteiger partial charge in [-0.25, -0.2) is 4.98 Å². The highest BCUT2D eigenvalue weighted by atomic mass is 16.5. The number of nitrogens with zero attached hydrogens (tertiary/aromatic N) is 1. The fourth-order valence-corrected chi connectivity index (χ4v) is 2.08. The standard InChI is InChI=1S/C13H21N3O2/c1-9-6-12(17-3)7-14-13(9)16-10(2)15-11-4-5-18-8-11/h6-7,10-11,15H,4-5,8H2,1-3H3,(H,14,16)/t10?,11-/m1/s1. The average Bonchev–Trinajstić information content (AvgIpc) is 2.84. The molecule has 0 radical (unpaired) electrons. The fourth-order valence-electron chi connectivity index (χ4n) is 2.08. The lowest BCUT2D eigenvalue weighted by Crippen LogP contribution is -2.41. The molecule has 0 bridgehead atoms. The number of hydrogen-bond acceptors (Lipinski definition) is 5. The largest absolute Gasteiger partial charge is 0.495 e. The zero-order valence-electron chi connectivity index (χ0n) is 11.2. The number of methoxy groups -OCH3 is 1. The van der Waals surface area contributed by atoms with E-state index in [-0.39, 0.29) is 6.17 Å². The lowest BCUT2D eigenvalue weighted by atomic mass is 10.2. The van der Waals surface area contributed by atoms with Crippen molar-refractivity contribution in [3.63, 3.8) is 0 Å². The van der Waals surface area contributed by atoms with E-state index in [9.17, 15) is 0 Å². The quantitative estimate of drug-likeness (QED) is 0.777. The van der Waals surface area contributed by atoms with E-state index >= 15 is 0 Å². The first-order valence-electron chi connectivity index (χ1n) is 6.30. The van der Waals surface area contributed by atoms with E-state index in [1.54, 1.807) is 13.3 Å². The smallest absolute Gasteiger partial charge is 0.137 e. The van der Waals surface area contributed by atoms with Crippen LogP contribution < -0.4 is 15.4 Å². The van der Waals surface area contributed by atoms with E-state index in [4.69, 9.17) is 9.47 Å². The Morgan fingerprint density at radius 2 is 2.39 bits per heavy atom. The number of ether oxygens (including phenoxy) is 2. The van der Waals surface area contributed by atoms with Crippen molar-refractivity contribution in [1.82, 2.24) is 10.3 Å². The maximum Gasteiger partial charge on any atom is 0.137 e. The second-order valence-electron chi connectivity index (χ2n) is 4.63. The van der Waals surface area contributed by atoms with Crippen LogP contribution in [0.15, 0.2) is 12.3 Å². The number of nitrogens with one attached hydrogen (secondary N) is 2. The zero-order chi connectivity index (χ0) is 13.0. The van der Waals surface area contributed by atoms with Crippen LogP contribution in [-0.4, -0.2) is 37.5 Å². The molecule has 5 nitrogen and oxygen atoms in total. The zero-order valence-corrected chi connectivity index (χ0v) is 11.2. The Hall–Kier alpha value is -1.33. The minimum absolute atomic E-state index is 0.163. The molecule has 0 amide bonds. The summed E-state index contributed by atoms with van der Waals surface area (Å²) in [6, 6.07) is 2.41. The van der Waals surface area contributed by atoms with Gasteiger partial charge in [0.2, 0.25) is 0 Å². The summed E-state index contributed by atoms with van der Waals surface area (Å²) in [6.07, 6.45) is 2.96. The molecule has 5 heteroatoms. The second kappa shape index (κ2) is 6.02. The molecule has 2 atom stereocenters. The monoisotopic (exact) mass is 251 g/mol. The van der Waals surface area contributed by atoms with Crippen LogP contribution in [0.1, 0.15) is 18.9 Å². The van der Waals surface area contributed by atoms with Gasteiger partial charge in [-0.3, -0.25) is 5.32 Å². The summed E-state index contributed by atoms with van der Waals surface area (Å²) in [6.45, 7) is 5.75. The Balaban J connectivity index is 1.91. The Morgan fingerprint density at radius 3 is 3.00 bits per heavy atom. The van der Waals surface area contributed by atoms with Crippen molar-refractivity contribution < 1.29 is 9.47 Å². The maximum absolute atomic E-state index is 5.34. The third kappa shape index (κ3) is 3.34. The van der Waals surface area contributed by atoms with E-state index < -0.39 is 0 Å². The van der Waals surface area contributed by atoms with E-state index in [1.165, 1.54) is 0 Å². The van der Waals surface area contributed by atoms with E-state index in [1.807, 2.05) is 13.0 Å². The Morgan fingerprint density at radius 1 is 1.56 bits per heavy atom. The van der Waals surface area contributed by atoms with Crippen LogP contribution in [0.5, 0.6) is 5.75 Å². The van der Waals surface area contributed by atoms with Gasteiger partial charge in [0, 0.05) is 12.6 Å². The van der Waals surface area contributed by atoms with Gasteiger partial charge in [-0.05, 0) is 31.9 Å². The van der Waals surface area contributed by atoms with Crippen LogP contribution in [-0.2, 0) is 4.74 Å².